The molecule has 1 aliphatic heterocycles. The first-order valence-electron chi connectivity index (χ1n) is 6.11. The zero-order chi connectivity index (χ0) is 11.3. The summed E-state index contributed by atoms with van der Waals surface area (Å²) in [6.45, 7) is 4.69. The van der Waals surface area contributed by atoms with E-state index in [1.807, 2.05) is 0 Å². The molecule has 1 aromatic rings. The third-order valence-corrected chi connectivity index (χ3v) is 4.28. The van der Waals surface area contributed by atoms with Crippen molar-refractivity contribution in [2.45, 2.75) is 32.2 Å². The third kappa shape index (κ3) is 1.31. The molecule has 0 spiro atoms. The highest BCUT2D eigenvalue weighted by Gasteiger charge is 2.40. The normalized spacial score (nSPS) is 26.1. The minimum atomic E-state index is 0.318. The van der Waals surface area contributed by atoms with Crippen LogP contribution in [0.2, 0.25) is 0 Å². The van der Waals surface area contributed by atoms with Crippen LogP contribution < -0.4 is 0 Å². The lowest BCUT2D eigenvalue weighted by atomic mass is 9.85. The van der Waals surface area contributed by atoms with Crippen molar-refractivity contribution in [2.24, 2.45) is 5.92 Å². The molecule has 0 aromatic heterocycles. The van der Waals surface area contributed by atoms with E-state index in [1.165, 1.54) is 29.7 Å². The summed E-state index contributed by atoms with van der Waals surface area (Å²) < 4.78 is 0. The molecule has 0 bridgehead atoms. The first-order valence-corrected chi connectivity index (χ1v) is 6.11. The van der Waals surface area contributed by atoms with Gasteiger partial charge in [-0.05, 0) is 43.9 Å². The van der Waals surface area contributed by atoms with Gasteiger partial charge in [-0.15, -0.1) is 0 Å². The average molecular weight is 213 g/mol. The summed E-state index contributed by atoms with van der Waals surface area (Å²) in [6, 6.07) is 8.80. The summed E-state index contributed by atoms with van der Waals surface area (Å²) >= 11 is 0. The van der Waals surface area contributed by atoms with Crippen LogP contribution in [-0.4, -0.2) is 17.5 Å². The molecule has 1 unspecified atom stereocenters. The molecule has 1 fully saturated rings. The van der Waals surface area contributed by atoms with Crippen molar-refractivity contribution in [3.8, 4) is 0 Å². The monoisotopic (exact) mass is 213 g/mol. The maximum atomic E-state index is 2.47. The van der Waals surface area contributed by atoms with E-state index in [9.17, 15) is 0 Å². The highest BCUT2D eigenvalue weighted by molar-refractivity contribution is 5.61. The Morgan fingerprint density at radius 3 is 2.81 bits per heavy atom. The lowest BCUT2D eigenvalue weighted by Gasteiger charge is -2.31. The van der Waals surface area contributed by atoms with Crippen LogP contribution >= 0.6 is 0 Å². The predicted molar refractivity (Wildman–Crippen MR) is 68.1 cm³/mol. The number of nitrogens with zero attached hydrogens (tertiary/aromatic N) is 1. The molecule has 0 radical (unpaired) electrons. The van der Waals surface area contributed by atoms with Gasteiger partial charge in [-0.3, -0.25) is 0 Å². The number of hydrogen-bond acceptors (Lipinski definition) is 1. The Hall–Kier alpha value is -1.24. The van der Waals surface area contributed by atoms with Crippen LogP contribution in [0.1, 0.15) is 31.4 Å². The molecule has 16 heavy (non-hydrogen) atoms. The topological polar surface area (TPSA) is 3.24 Å². The summed E-state index contributed by atoms with van der Waals surface area (Å²) in [4.78, 5) is 2.47. The fourth-order valence-electron chi connectivity index (χ4n) is 3.14. The van der Waals surface area contributed by atoms with E-state index in [0.29, 0.717) is 5.54 Å². The van der Waals surface area contributed by atoms with Gasteiger partial charge in [0.05, 0.1) is 0 Å². The number of benzene rings is 1. The molecule has 3 rings (SSSR count). The Labute approximate surface area is 97.8 Å². The smallest absolute Gasteiger partial charge is 0.0346 e. The van der Waals surface area contributed by atoms with Crippen LogP contribution in [-0.2, 0) is 6.42 Å². The number of rotatable bonds is 0. The zero-order valence-electron chi connectivity index (χ0n) is 10.3. The molecule has 1 aromatic carbocycles. The Morgan fingerprint density at radius 1 is 1.25 bits per heavy atom. The first-order chi connectivity index (χ1) is 7.58. The van der Waals surface area contributed by atoms with Gasteiger partial charge in [0.15, 0.2) is 0 Å². The third-order valence-electron chi connectivity index (χ3n) is 4.28. The summed E-state index contributed by atoms with van der Waals surface area (Å²) in [5.74, 6) is 0.731. The minimum Gasteiger partial charge on any atom is -0.372 e. The second-order valence-electron chi connectivity index (χ2n) is 5.74. The fraction of sp³-hybridized carbons (Fsp3) is 0.467. The van der Waals surface area contributed by atoms with Crippen molar-refractivity contribution < 1.29 is 0 Å². The van der Waals surface area contributed by atoms with Crippen LogP contribution in [0.3, 0.4) is 0 Å². The fourth-order valence-corrected chi connectivity index (χ4v) is 3.14. The van der Waals surface area contributed by atoms with Crippen molar-refractivity contribution in [3.63, 3.8) is 0 Å². The Kier molecular flexibility index (Phi) is 1.95. The predicted octanol–water partition coefficient (Wildman–Crippen LogP) is 3.31. The summed E-state index contributed by atoms with van der Waals surface area (Å²) in [5, 5.41) is 0. The van der Waals surface area contributed by atoms with Gasteiger partial charge in [0, 0.05) is 24.2 Å². The Bertz CT molecular complexity index is 456. The molecule has 1 atom stereocenters. The van der Waals surface area contributed by atoms with Crippen molar-refractivity contribution in [3.05, 3.63) is 41.1 Å². The molecule has 1 saturated heterocycles. The Balaban J connectivity index is 2.06. The summed E-state index contributed by atoms with van der Waals surface area (Å²) in [6.07, 6.45) is 4.89. The van der Waals surface area contributed by atoms with E-state index < -0.39 is 0 Å². The number of hydrogen-bond donors (Lipinski definition) is 0. The maximum absolute atomic E-state index is 2.47. The number of fused-ring (bicyclic) bond motifs is 2. The van der Waals surface area contributed by atoms with Gasteiger partial charge in [0.1, 0.15) is 0 Å². The van der Waals surface area contributed by atoms with Gasteiger partial charge >= 0.3 is 0 Å². The van der Waals surface area contributed by atoms with E-state index in [4.69, 9.17) is 0 Å². The maximum Gasteiger partial charge on any atom is 0.0346 e. The highest BCUT2D eigenvalue weighted by Crippen LogP contribution is 2.44. The first kappa shape index (κ1) is 9.95. The van der Waals surface area contributed by atoms with Gasteiger partial charge in [0.2, 0.25) is 0 Å². The van der Waals surface area contributed by atoms with Gasteiger partial charge in [0.25, 0.3) is 0 Å². The second-order valence-corrected chi connectivity index (χ2v) is 5.74. The largest absolute Gasteiger partial charge is 0.372 e. The van der Waals surface area contributed by atoms with Gasteiger partial charge in [-0.2, -0.15) is 0 Å². The Morgan fingerprint density at radius 2 is 2.00 bits per heavy atom. The molecule has 1 nitrogen and oxygen atoms in total. The van der Waals surface area contributed by atoms with E-state index in [-0.39, 0.29) is 0 Å². The number of likely N-dealkylation sites (tertiary alicyclic amines) is 1. The molecule has 1 heterocycles. The van der Waals surface area contributed by atoms with Crippen molar-refractivity contribution in [2.75, 3.05) is 7.05 Å². The lowest BCUT2D eigenvalue weighted by molar-refractivity contribution is 0.249. The molecular formula is C15H19N. The SMILES string of the molecule is CN1C2=Cc3ccccc3CC2CC1(C)C. The molecule has 0 N–H and O–H groups in total. The van der Waals surface area contributed by atoms with Crippen LogP contribution in [0, 0.1) is 5.92 Å². The lowest BCUT2D eigenvalue weighted by Crippen LogP contribution is -2.33. The van der Waals surface area contributed by atoms with Gasteiger partial charge in [-0.1, -0.05) is 24.3 Å². The average Bonchev–Trinajstić information content (AvgIpc) is 2.47. The van der Waals surface area contributed by atoms with Crippen molar-refractivity contribution in [1.82, 2.24) is 4.90 Å². The van der Waals surface area contributed by atoms with E-state index in [2.05, 4.69) is 56.1 Å². The van der Waals surface area contributed by atoms with E-state index in [0.717, 1.165) is 5.92 Å². The van der Waals surface area contributed by atoms with Gasteiger partial charge in [-0.25, -0.2) is 0 Å². The van der Waals surface area contributed by atoms with Crippen LogP contribution in [0.15, 0.2) is 30.0 Å². The van der Waals surface area contributed by atoms with E-state index >= 15 is 0 Å². The van der Waals surface area contributed by atoms with Crippen LogP contribution in [0.25, 0.3) is 6.08 Å². The zero-order valence-corrected chi connectivity index (χ0v) is 10.3. The van der Waals surface area contributed by atoms with Gasteiger partial charge < -0.3 is 4.90 Å². The van der Waals surface area contributed by atoms with Crippen LogP contribution in [0.4, 0.5) is 0 Å². The molecular weight excluding hydrogens is 194 g/mol. The van der Waals surface area contributed by atoms with Crippen LogP contribution in [0.5, 0.6) is 0 Å². The van der Waals surface area contributed by atoms with Crippen molar-refractivity contribution in [1.29, 1.82) is 0 Å². The number of allylic oxidation sites excluding steroid dienone is 1. The molecule has 2 aliphatic rings. The summed E-state index contributed by atoms with van der Waals surface area (Å²) in [5.41, 5.74) is 4.78. The minimum absolute atomic E-state index is 0.318. The van der Waals surface area contributed by atoms with E-state index in [1.54, 1.807) is 0 Å². The molecule has 1 heteroatoms. The molecule has 84 valence electrons. The second kappa shape index (κ2) is 3.13. The molecule has 0 saturated carbocycles. The quantitative estimate of drug-likeness (QED) is 0.639. The highest BCUT2D eigenvalue weighted by atomic mass is 15.2. The summed E-state index contributed by atoms with van der Waals surface area (Å²) in [7, 11) is 2.24. The van der Waals surface area contributed by atoms with Crippen molar-refractivity contribution >= 4 is 6.08 Å². The molecule has 0 amide bonds. The molecule has 1 aliphatic carbocycles. The standard InChI is InChI=1S/C15H19N/c1-15(2)10-13-8-11-6-4-5-7-12(11)9-14(13)16(15)3/h4-7,9,13H,8,10H2,1-3H3.